The molecule has 1 aliphatic heterocycles. The van der Waals surface area contributed by atoms with Crippen molar-refractivity contribution in [3.05, 3.63) is 78.3 Å². The smallest absolute Gasteiger partial charge is 0.261 e. The fourth-order valence-corrected chi connectivity index (χ4v) is 5.54. The van der Waals surface area contributed by atoms with Crippen molar-refractivity contribution < 1.29 is 13.2 Å². The monoisotopic (exact) mass is 569 g/mol. The van der Waals surface area contributed by atoms with Crippen LogP contribution in [0.2, 0.25) is 0 Å². The minimum absolute atomic E-state index is 0.122. The summed E-state index contributed by atoms with van der Waals surface area (Å²) in [6.07, 6.45) is 8.38. The van der Waals surface area contributed by atoms with Crippen molar-refractivity contribution in [2.24, 2.45) is 0 Å². The van der Waals surface area contributed by atoms with Gasteiger partial charge in [0.15, 0.2) is 11.5 Å². The Hall–Kier alpha value is -4.68. The summed E-state index contributed by atoms with van der Waals surface area (Å²) in [5.74, 6) is -2.44. The second-order valence-corrected chi connectivity index (χ2v) is 10.6. The van der Waals surface area contributed by atoms with E-state index in [4.69, 9.17) is 4.98 Å². The lowest BCUT2D eigenvalue weighted by Crippen LogP contribution is -2.24. The molecule has 5 aromatic heterocycles. The molecule has 0 amide bonds. The van der Waals surface area contributed by atoms with Crippen molar-refractivity contribution >= 4 is 22.1 Å². The van der Waals surface area contributed by atoms with E-state index in [1.165, 1.54) is 12.1 Å². The number of pyridine rings is 3. The van der Waals surface area contributed by atoms with Gasteiger partial charge in [0.25, 0.3) is 5.92 Å². The van der Waals surface area contributed by atoms with Crippen LogP contribution in [0.5, 0.6) is 0 Å². The van der Waals surface area contributed by atoms with Crippen molar-refractivity contribution in [1.29, 1.82) is 0 Å². The first-order chi connectivity index (χ1) is 20.3. The number of imidazole rings is 1. The summed E-state index contributed by atoms with van der Waals surface area (Å²) in [6, 6.07) is 8.80. The number of halogens is 3. The molecule has 1 aromatic carbocycles. The van der Waals surface area contributed by atoms with Crippen LogP contribution < -0.4 is 5.32 Å². The van der Waals surface area contributed by atoms with Crippen LogP contribution in [0.25, 0.3) is 55.8 Å². The van der Waals surface area contributed by atoms with Gasteiger partial charge in [-0.25, -0.2) is 23.1 Å². The molecule has 1 aliphatic rings. The van der Waals surface area contributed by atoms with Gasteiger partial charge in [-0.2, -0.15) is 5.10 Å². The Labute approximate surface area is 238 Å². The van der Waals surface area contributed by atoms with Gasteiger partial charge in [-0.05, 0) is 54.1 Å². The molecule has 7 rings (SSSR count). The number of alkyl halides is 2. The van der Waals surface area contributed by atoms with Gasteiger partial charge in [0.05, 0.1) is 29.2 Å². The molecule has 0 aliphatic carbocycles. The largest absolute Gasteiger partial charge is 0.335 e. The van der Waals surface area contributed by atoms with E-state index in [1.54, 1.807) is 35.9 Å². The number of nitrogens with zero attached hydrogens (tertiary/aromatic N) is 6. The molecule has 0 saturated carbocycles. The van der Waals surface area contributed by atoms with Gasteiger partial charge < -0.3 is 10.3 Å². The van der Waals surface area contributed by atoms with Crippen molar-refractivity contribution in [2.75, 3.05) is 20.1 Å². The maximum absolute atomic E-state index is 14.4. The molecule has 12 heteroatoms. The van der Waals surface area contributed by atoms with Crippen LogP contribution in [-0.2, 0) is 13.1 Å². The minimum atomic E-state index is -2.64. The van der Waals surface area contributed by atoms with Crippen molar-refractivity contribution in [3.8, 4) is 33.8 Å². The van der Waals surface area contributed by atoms with Crippen molar-refractivity contribution in [1.82, 2.24) is 45.3 Å². The van der Waals surface area contributed by atoms with Crippen LogP contribution >= 0.6 is 0 Å². The predicted molar refractivity (Wildman–Crippen MR) is 153 cm³/mol. The highest BCUT2D eigenvalue weighted by Gasteiger charge is 2.37. The molecule has 6 aromatic rings. The molecule has 9 nitrogen and oxygen atoms in total. The molecule has 1 fully saturated rings. The second-order valence-electron chi connectivity index (χ2n) is 10.6. The van der Waals surface area contributed by atoms with E-state index in [1.807, 2.05) is 25.2 Å². The number of aromatic amines is 2. The summed E-state index contributed by atoms with van der Waals surface area (Å²) in [5.41, 5.74) is 7.17. The normalized spacial score (nSPS) is 15.2. The molecule has 3 N–H and O–H groups in total. The Morgan fingerprint density at radius 1 is 0.952 bits per heavy atom. The van der Waals surface area contributed by atoms with E-state index in [-0.39, 0.29) is 18.8 Å². The minimum Gasteiger partial charge on any atom is -0.335 e. The standard InChI is InChI=1S/C30H26F3N9/c1-34-9-17-4-19(7-22(31)6-17)24-13-36-14-25-26(24)39-29(38-25)27-23-8-21(12-37-28(23)41-40-27)20-5-18(10-35-11-20)15-42-3-2-30(32,33)16-42/h4-8,10-14,34H,2-3,9,15-16H2,1H3,(H,38,39)(H,37,40,41). The summed E-state index contributed by atoms with van der Waals surface area (Å²) >= 11 is 0. The zero-order valence-electron chi connectivity index (χ0n) is 22.6. The number of benzene rings is 1. The lowest BCUT2D eigenvalue weighted by atomic mass is 10.0. The Morgan fingerprint density at radius 2 is 1.79 bits per heavy atom. The molecule has 0 spiro atoms. The fraction of sp³-hybridized carbons (Fsp3) is 0.233. The molecular weight excluding hydrogens is 543 g/mol. The van der Waals surface area contributed by atoms with Gasteiger partial charge in [-0.3, -0.25) is 20.0 Å². The third-order valence-electron chi connectivity index (χ3n) is 7.47. The maximum Gasteiger partial charge on any atom is 0.261 e. The quantitative estimate of drug-likeness (QED) is 0.239. The number of rotatable bonds is 7. The molecule has 212 valence electrons. The molecular formula is C30H26F3N9. The number of H-pyrrole nitrogens is 2. The van der Waals surface area contributed by atoms with E-state index in [0.717, 1.165) is 27.6 Å². The topological polar surface area (TPSA) is 111 Å². The number of aromatic nitrogens is 7. The molecule has 6 heterocycles. The van der Waals surface area contributed by atoms with Gasteiger partial charge in [-0.15, -0.1) is 0 Å². The Bertz CT molecular complexity index is 1930. The SMILES string of the molecule is CNCc1cc(F)cc(-c2cncc3[nH]c(-c4[nH]nc5ncc(-c6cncc(CN7CCC(F)(F)C7)c6)cc45)nc23)c1. The number of fused-ring (bicyclic) bond motifs is 2. The molecule has 0 atom stereocenters. The van der Waals surface area contributed by atoms with E-state index >= 15 is 0 Å². The first-order valence-electron chi connectivity index (χ1n) is 13.5. The number of likely N-dealkylation sites (tertiary alicyclic amines) is 1. The van der Waals surface area contributed by atoms with Gasteiger partial charge in [0, 0.05) is 67.5 Å². The highest BCUT2D eigenvalue weighted by Crippen LogP contribution is 2.33. The van der Waals surface area contributed by atoms with E-state index in [0.29, 0.717) is 59.0 Å². The summed E-state index contributed by atoms with van der Waals surface area (Å²) < 4.78 is 41.8. The van der Waals surface area contributed by atoms with E-state index in [2.05, 4.69) is 35.5 Å². The number of hydrogen-bond donors (Lipinski definition) is 3. The Morgan fingerprint density at radius 3 is 2.62 bits per heavy atom. The van der Waals surface area contributed by atoms with E-state index in [9.17, 15) is 13.2 Å². The Kier molecular flexibility index (Phi) is 6.43. The average Bonchev–Trinajstić information content (AvgIpc) is 3.68. The highest BCUT2D eigenvalue weighted by atomic mass is 19.3. The van der Waals surface area contributed by atoms with Crippen LogP contribution in [0.3, 0.4) is 0 Å². The van der Waals surface area contributed by atoms with Crippen molar-refractivity contribution in [2.45, 2.75) is 25.4 Å². The van der Waals surface area contributed by atoms with Crippen LogP contribution in [0.4, 0.5) is 13.2 Å². The lowest BCUT2D eigenvalue weighted by molar-refractivity contribution is 0.0115. The summed E-state index contributed by atoms with van der Waals surface area (Å²) in [4.78, 5) is 23.2. The number of hydrogen-bond acceptors (Lipinski definition) is 7. The Balaban J connectivity index is 1.24. The zero-order chi connectivity index (χ0) is 28.8. The first-order valence-corrected chi connectivity index (χ1v) is 13.5. The summed E-state index contributed by atoms with van der Waals surface area (Å²) in [5, 5.41) is 11.2. The molecule has 0 bridgehead atoms. The lowest BCUT2D eigenvalue weighted by Gasteiger charge is -2.15. The summed E-state index contributed by atoms with van der Waals surface area (Å²) in [6.45, 7) is 1.05. The zero-order valence-corrected chi connectivity index (χ0v) is 22.6. The van der Waals surface area contributed by atoms with Gasteiger partial charge in [0.2, 0.25) is 0 Å². The average molecular weight is 570 g/mol. The fourth-order valence-electron chi connectivity index (χ4n) is 5.54. The number of nitrogens with one attached hydrogen (secondary N) is 3. The summed E-state index contributed by atoms with van der Waals surface area (Å²) in [7, 11) is 1.81. The van der Waals surface area contributed by atoms with Gasteiger partial charge in [-0.1, -0.05) is 0 Å². The third kappa shape index (κ3) is 4.99. The highest BCUT2D eigenvalue weighted by molar-refractivity contribution is 5.96. The van der Waals surface area contributed by atoms with Crippen LogP contribution in [0, 0.1) is 5.82 Å². The maximum atomic E-state index is 14.4. The second kappa shape index (κ2) is 10.3. The predicted octanol–water partition coefficient (Wildman–Crippen LogP) is 5.32. The van der Waals surface area contributed by atoms with Crippen LogP contribution in [0.15, 0.2) is 61.3 Å². The third-order valence-corrected chi connectivity index (χ3v) is 7.47. The van der Waals surface area contributed by atoms with Crippen LogP contribution in [-0.4, -0.2) is 66.1 Å². The van der Waals surface area contributed by atoms with E-state index < -0.39 is 5.92 Å². The molecule has 1 saturated heterocycles. The van der Waals surface area contributed by atoms with Crippen molar-refractivity contribution in [3.63, 3.8) is 0 Å². The molecule has 0 unspecified atom stereocenters. The van der Waals surface area contributed by atoms with Crippen LogP contribution in [0.1, 0.15) is 17.5 Å². The molecule has 0 radical (unpaired) electrons. The van der Waals surface area contributed by atoms with Gasteiger partial charge in [0.1, 0.15) is 11.5 Å². The van der Waals surface area contributed by atoms with Gasteiger partial charge >= 0.3 is 0 Å². The molecule has 42 heavy (non-hydrogen) atoms. The first kappa shape index (κ1) is 26.2.